The van der Waals surface area contributed by atoms with Crippen LogP contribution in [0.15, 0.2) is 29.3 Å². The molecule has 2 aromatic rings. The van der Waals surface area contributed by atoms with Crippen molar-refractivity contribution in [1.29, 1.82) is 0 Å². The lowest BCUT2D eigenvalue weighted by Crippen LogP contribution is -2.34. The van der Waals surface area contributed by atoms with Crippen LogP contribution in [0.1, 0.15) is 23.2 Å². The highest BCUT2D eigenvalue weighted by Gasteiger charge is 2.19. The summed E-state index contributed by atoms with van der Waals surface area (Å²) in [6, 6.07) is 4.15. The molecule has 22 heavy (non-hydrogen) atoms. The van der Waals surface area contributed by atoms with Crippen molar-refractivity contribution in [1.82, 2.24) is 14.5 Å². The predicted molar refractivity (Wildman–Crippen MR) is 78.8 cm³/mol. The van der Waals surface area contributed by atoms with Gasteiger partial charge < -0.3 is 10.0 Å². The monoisotopic (exact) mass is 301 g/mol. The summed E-state index contributed by atoms with van der Waals surface area (Å²) in [7, 11) is 0. The van der Waals surface area contributed by atoms with E-state index in [1.807, 2.05) is 0 Å². The van der Waals surface area contributed by atoms with Gasteiger partial charge in [-0.25, -0.2) is 9.78 Å². The van der Waals surface area contributed by atoms with E-state index in [2.05, 4.69) is 4.98 Å². The lowest BCUT2D eigenvalue weighted by molar-refractivity contribution is -0.130. The highest BCUT2D eigenvalue weighted by Crippen LogP contribution is 2.11. The number of benzene rings is 1. The van der Waals surface area contributed by atoms with E-state index in [0.717, 1.165) is 25.9 Å². The summed E-state index contributed by atoms with van der Waals surface area (Å²) in [5.41, 5.74) is 0.0505. The molecule has 0 atom stereocenters. The van der Waals surface area contributed by atoms with Gasteiger partial charge in [-0.1, -0.05) is 0 Å². The number of carboxylic acids is 1. The molecule has 1 fully saturated rings. The Morgan fingerprint density at radius 3 is 2.64 bits per heavy atom. The first kappa shape index (κ1) is 14.2. The van der Waals surface area contributed by atoms with Gasteiger partial charge in [0.25, 0.3) is 5.56 Å². The minimum atomic E-state index is -1.07. The molecule has 3 rings (SSSR count). The van der Waals surface area contributed by atoms with Crippen molar-refractivity contribution in [3.63, 3.8) is 0 Å². The van der Waals surface area contributed by atoms with Crippen molar-refractivity contribution in [2.75, 3.05) is 13.1 Å². The second-order valence-corrected chi connectivity index (χ2v) is 5.30. The number of rotatable bonds is 3. The molecular formula is C15H15N3O4. The third-order valence-electron chi connectivity index (χ3n) is 3.84. The Morgan fingerprint density at radius 2 is 1.95 bits per heavy atom. The summed E-state index contributed by atoms with van der Waals surface area (Å²) in [4.78, 5) is 41.2. The van der Waals surface area contributed by atoms with Crippen LogP contribution in [0.3, 0.4) is 0 Å². The van der Waals surface area contributed by atoms with Gasteiger partial charge in [-0.3, -0.25) is 14.2 Å². The number of likely N-dealkylation sites (tertiary alicyclic amines) is 1. The zero-order valence-electron chi connectivity index (χ0n) is 11.9. The quantitative estimate of drug-likeness (QED) is 0.901. The third-order valence-corrected chi connectivity index (χ3v) is 3.84. The Morgan fingerprint density at radius 1 is 1.23 bits per heavy atom. The zero-order valence-corrected chi connectivity index (χ0v) is 11.9. The van der Waals surface area contributed by atoms with Gasteiger partial charge in [0.2, 0.25) is 5.91 Å². The van der Waals surface area contributed by atoms with E-state index in [9.17, 15) is 14.4 Å². The molecular weight excluding hydrogens is 286 g/mol. The molecule has 1 aliphatic heterocycles. The van der Waals surface area contributed by atoms with E-state index < -0.39 is 5.97 Å². The van der Waals surface area contributed by atoms with Gasteiger partial charge in [0.15, 0.2) is 0 Å². The molecule has 0 radical (unpaired) electrons. The molecule has 7 nitrogen and oxygen atoms in total. The van der Waals surface area contributed by atoms with Gasteiger partial charge >= 0.3 is 5.97 Å². The summed E-state index contributed by atoms with van der Waals surface area (Å²) in [6.45, 7) is 1.43. The first-order valence-corrected chi connectivity index (χ1v) is 7.06. The Kier molecular flexibility index (Phi) is 3.62. The van der Waals surface area contributed by atoms with Crippen molar-refractivity contribution < 1.29 is 14.7 Å². The van der Waals surface area contributed by atoms with Gasteiger partial charge in [-0.05, 0) is 31.0 Å². The van der Waals surface area contributed by atoms with E-state index in [-0.39, 0.29) is 23.6 Å². The lowest BCUT2D eigenvalue weighted by Gasteiger charge is -2.15. The van der Waals surface area contributed by atoms with Crippen molar-refractivity contribution in [3.05, 3.63) is 40.4 Å². The highest BCUT2D eigenvalue weighted by atomic mass is 16.4. The fourth-order valence-electron chi connectivity index (χ4n) is 2.62. The molecule has 0 bridgehead atoms. The summed E-state index contributed by atoms with van der Waals surface area (Å²) in [5.74, 6) is -1.17. The molecule has 2 heterocycles. The maximum absolute atomic E-state index is 12.4. The van der Waals surface area contributed by atoms with Crippen LogP contribution in [0.2, 0.25) is 0 Å². The largest absolute Gasteiger partial charge is 0.478 e. The van der Waals surface area contributed by atoms with Crippen LogP contribution in [-0.4, -0.2) is 44.5 Å². The molecule has 0 aliphatic carbocycles. The van der Waals surface area contributed by atoms with Gasteiger partial charge in [0, 0.05) is 13.1 Å². The number of fused-ring (bicyclic) bond motifs is 1. The molecule has 0 spiro atoms. The van der Waals surface area contributed by atoms with Crippen molar-refractivity contribution >= 4 is 22.8 Å². The second-order valence-electron chi connectivity index (χ2n) is 5.30. The topological polar surface area (TPSA) is 92.5 Å². The third kappa shape index (κ3) is 2.57. The fraction of sp³-hybridized carbons (Fsp3) is 0.333. The number of carboxylic acid groups (broad SMARTS) is 1. The first-order valence-electron chi connectivity index (χ1n) is 7.06. The maximum Gasteiger partial charge on any atom is 0.335 e. The van der Waals surface area contributed by atoms with Crippen molar-refractivity contribution in [2.45, 2.75) is 19.4 Å². The van der Waals surface area contributed by atoms with Crippen LogP contribution >= 0.6 is 0 Å². The van der Waals surface area contributed by atoms with Crippen LogP contribution < -0.4 is 5.56 Å². The Labute approximate surface area is 125 Å². The lowest BCUT2D eigenvalue weighted by atomic mass is 10.1. The maximum atomic E-state index is 12.4. The normalized spacial score (nSPS) is 14.5. The smallest absolute Gasteiger partial charge is 0.335 e. The van der Waals surface area contributed by atoms with Gasteiger partial charge in [0.05, 0.1) is 22.8 Å². The van der Waals surface area contributed by atoms with Crippen LogP contribution in [0, 0.1) is 0 Å². The predicted octanol–water partition coefficient (Wildman–Crippen LogP) is 0.717. The molecule has 1 aliphatic rings. The van der Waals surface area contributed by atoms with E-state index in [1.165, 1.54) is 29.1 Å². The molecule has 1 saturated heterocycles. The van der Waals surface area contributed by atoms with E-state index in [0.29, 0.717) is 10.9 Å². The molecule has 1 amide bonds. The molecule has 0 saturated carbocycles. The molecule has 1 aromatic carbocycles. The average Bonchev–Trinajstić information content (AvgIpc) is 3.04. The number of nitrogens with zero attached hydrogens (tertiary/aromatic N) is 3. The van der Waals surface area contributed by atoms with Crippen molar-refractivity contribution in [2.24, 2.45) is 0 Å². The number of aromatic nitrogens is 2. The average molecular weight is 301 g/mol. The van der Waals surface area contributed by atoms with Gasteiger partial charge in [0.1, 0.15) is 6.54 Å². The van der Waals surface area contributed by atoms with E-state index in [4.69, 9.17) is 5.11 Å². The first-order chi connectivity index (χ1) is 10.6. The van der Waals surface area contributed by atoms with E-state index >= 15 is 0 Å². The number of amides is 1. The number of aromatic carboxylic acids is 1. The van der Waals surface area contributed by atoms with E-state index in [1.54, 1.807) is 4.90 Å². The standard InChI is InChI=1S/C15H15N3O4/c19-13(17-5-1-2-6-17)8-18-9-16-12-7-10(15(21)22)3-4-11(12)14(18)20/h3-4,7,9H,1-2,5-6,8H2,(H,21,22). The SMILES string of the molecule is O=C(O)c1ccc2c(=O)n(CC(=O)N3CCCC3)cnc2c1. The number of hydrogen-bond donors (Lipinski definition) is 1. The summed E-state index contributed by atoms with van der Waals surface area (Å²) < 4.78 is 1.27. The molecule has 114 valence electrons. The zero-order chi connectivity index (χ0) is 15.7. The minimum Gasteiger partial charge on any atom is -0.478 e. The minimum absolute atomic E-state index is 0.0392. The van der Waals surface area contributed by atoms with Crippen LogP contribution in [0.5, 0.6) is 0 Å². The second kappa shape index (κ2) is 5.59. The Balaban J connectivity index is 1.93. The van der Waals surface area contributed by atoms with Gasteiger partial charge in [-0.15, -0.1) is 0 Å². The Bertz CT molecular complexity index is 806. The Hall–Kier alpha value is -2.70. The summed E-state index contributed by atoms with van der Waals surface area (Å²) in [5, 5.41) is 9.25. The number of carbonyl (C=O) groups is 2. The van der Waals surface area contributed by atoms with Gasteiger partial charge in [-0.2, -0.15) is 0 Å². The molecule has 1 N–H and O–H groups in total. The number of hydrogen-bond acceptors (Lipinski definition) is 4. The highest BCUT2D eigenvalue weighted by molar-refractivity contribution is 5.92. The number of carbonyl (C=O) groups excluding carboxylic acids is 1. The summed E-state index contributed by atoms with van der Waals surface area (Å²) in [6.07, 6.45) is 3.29. The summed E-state index contributed by atoms with van der Waals surface area (Å²) >= 11 is 0. The van der Waals surface area contributed by atoms with Crippen LogP contribution in [-0.2, 0) is 11.3 Å². The molecule has 7 heteroatoms. The van der Waals surface area contributed by atoms with Crippen molar-refractivity contribution in [3.8, 4) is 0 Å². The fourth-order valence-corrected chi connectivity index (χ4v) is 2.62. The molecule has 1 aromatic heterocycles. The molecule has 0 unspecified atom stereocenters. The van der Waals surface area contributed by atoms with Crippen LogP contribution in [0.25, 0.3) is 10.9 Å². The van der Waals surface area contributed by atoms with Crippen LogP contribution in [0.4, 0.5) is 0 Å².